The number of carbonyl (C=O) groups is 1. The second-order valence-electron chi connectivity index (χ2n) is 5.99. The molecule has 0 fully saturated rings. The van der Waals surface area contributed by atoms with E-state index in [0.717, 1.165) is 0 Å². The van der Waals surface area contributed by atoms with E-state index in [2.05, 4.69) is 4.98 Å². The van der Waals surface area contributed by atoms with Gasteiger partial charge in [0, 0.05) is 18.7 Å². The summed E-state index contributed by atoms with van der Waals surface area (Å²) in [5.74, 6) is 1.38. The maximum Gasteiger partial charge on any atom is 0.224 e. The molecule has 0 aliphatic heterocycles. The number of hydrogen-bond acceptors (Lipinski definition) is 4. The van der Waals surface area contributed by atoms with Crippen LogP contribution < -0.4 is 14.4 Å². The number of carbonyl (C=O) groups excluding carboxylic acids is 1. The normalized spacial score (nSPS) is 10.4. The molecule has 0 saturated carbocycles. The monoisotopic (exact) mass is 380 g/mol. The smallest absolute Gasteiger partial charge is 0.224 e. The Morgan fingerprint density at radius 1 is 1.04 bits per heavy atom. The second kappa shape index (κ2) is 9.50. The lowest BCUT2D eigenvalue weighted by Crippen LogP contribution is -2.28. The predicted molar refractivity (Wildman–Crippen MR) is 106 cm³/mol. The number of nitrogens with zero attached hydrogens (tertiary/aromatic N) is 2. The summed E-state index contributed by atoms with van der Waals surface area (Å²) in [6.45, 7) is 1.01. The Balaban J connectivity index is 1.91. The van der Waals surface area contributed by atoms with E-state index in [1.807, 2.05) is 54.6 Å². The molecule has 0 atom stereocenters. The van der Waals surface area contributed by atoms with Gasteiger partial charge in [-0.25, -0.2) is 9.37 Å². The molecule has 0 bridgehead atoms. The van der Waals surface area contributed by atoms with Crippen LogP contribution in [-0.4, -0.2) is 24.2 Å². The van der Waals surface area contributed by atoms with Gasteiger partial charge in [0.25, 0.3) is 0 Å². The van der Waals surface area contributed by atoms with Crippen molar-refractivity contribution in [2.24, 2.45) is 0 Å². The Hall–Kier alpha value is -3.41. The van der Waals surface area contributed by atoms with Crippen LogP contribution in [-0.2, 0) is 11.3 Å². The molecule has 0 N–H and O–H groups in total. The SMILES string of the molecule is CC(=O)N(Cc1cccnc1OCCF)c1ccccc1Oc1ccccc1. The van der Waals surface area contributed by atoms with Gasteiger partial charge in [-0.05, 0) is 30.3 Å². The van der Waals surface area contributed by atoms with Crippen molar-refractivity contribution in [2.45, 2.75) is 13.5 Å². The fraction of sp³-hybridized carbons (Fsp3) is 0.182. The minimum Gasteiger partial charge on any atom is -0.475 e. The highest BCUT2D eigenvalue weighted by Crippen LogP contribution is 2.33. The first kappa shape index (κ1) is 19.4. The molecule has 28 heavy (non-hydrogen) atoms. The lowest BCUT2D eigenvalue weighted by molar-refractivity contribution is -0.116. The van der Waals surface area contributed by atoms with E-state index >= 15 is 0 Å². The van der Waals surface area contributed by atoms with Crippen LogP contribution >= 0.6 is 0 Å². The molecule has 0 saturated heterocycles. The van der Waals surface area contributed by atoms with Crippen molar-refractivity contribution >= 4 is 11.6 Å². The predicted octanol–water partition coefficient (Wildman–Crippen LogP) is 4.78. The van der Waals surface area contributed by atoms with E-state index in [1.165, 1.54) is 6.92 Å². The lowest BCUT2D eigenvalue weighted by Gasteiger charge is -2.24. The third-order valence-corrected chi connectivity index (χ3v) is 4.00. The van der Waals surface area contributed by atoms with Crippen LogP contribution in [0.25, 0.3) is 0 Å². The molecule has 5 nitrogen and oxygen atoms in total. The molecule has 1 heterocycles. The van der Waals surface area contributed by atoms with Gasteiger partial charge in [0.15, 0.2) is 5.75 Å². The second-order valence-corrected chi connectivity index (χ2v) is 5.99. The molecule has 0 unspecified atom stereocenters. The number of amides is 1. The van der Waals surface area contributed by atoms with Gasteiger partial charge in [-0.1, -0.05) is 36.4 Å². The minimum atomic E-state index is -0.611. The van der Waals surface area contributed by atoms with Crippen molar-refractivity contribution < 1.29 is 18.7 Å². The van der Waals surface area contributed by atoms with Gasteiger partial charge in [0.05, 0.1) is 12.2 Å². The third kappa shape index (κ3) is 4.85. The Morgan fingerprint density at radius 2 is 1.79 bits per heavy atom. The Bertz CT molecular complexity index is 918. The van der Waals surface area contributed by atoms with Crippen LogP contribution in [0, 0.1) is 0 Å². The van der Waals surface area contributed by atoms with E-state index in [1.54, 1.807) is 23.2 Å². The van der Waals surface area contributed by atoms with E-state index < -0.39 is 6.67 Å². The number of pyridine rings is 1. The molecule has 0 aliphatic rings. The van der Waals surface area contributed by atoms with Crippen molar-refractivity contribution in [3.05, 3.63) is 78.5 Å². The zero-order valence-electron chi connectivity index (χ0n) is 15.5. The van der Waals surface area contributed by atoms with Gasteiger partial charge in [-0.15, -0.1) is 0 Å². The molecular weight excluding hydrogens is 359 g/mol. The van der Waals surface area contributed by atoms with Crippen molar-refractivity contribution in [2.75, 3.05) is 18.2 Å². The Kier molecular flexibility index (Phi) is 6.57. The highest BCUT2D eigenvalue weighted by molar-refractivity contribution is 5.93. The largest absolute Gasteiger partial charge is 0.475 e. The van der Waals surface area contributed by atoms with Crippen molar-refractivity contribution in [3.63, 3.8) is 0 Å². The number of aromatic nitrogens is 1. The third-order valence-electron chi connectivity index (χ3n) is 4.00. The van der Waals surface area contributed by atoms with Crippen LogP contribution in [0.5, 0.6) is 17.4 Å². The van der Waals surface area contributed by atoms with E-state index in [9.17, 15) is 9.18 Å². The fourth-order valence-electron chi connectivity index (χ4n) is 2.73. The van der Waals surface area contributed by atoms with Crippen LogP contribution in [0.3, 0.4) is 0 Å². The van der Waals surface area contributed by atoms with Gasteiger partial charge >= 0.3 is 0 Å². The maximum atomic E-state index is 12.5. The Labute approximate surface area is 163 Å². The molecule has 6 heteroatoms. The summed E-state index contributed by atoms with van der Waals surface area (Å²) in [7, 11) is 0. The highest BCUT2D eigenvalue weighted by Gasteiger charge is 2.19. The molecule has 2 aromatic carbocycles. The van der Waals surface area contributed by atoms with Crippen molar-refractivity contribution in [3.8, 4) is 17.4 Å². The minimum absolute atomic E-state index is 0.0855. The van der Waals surface area contributed by atoms with Gasteiger partial charge in [0.1, 0.15) is 19.0 Å². The first-order chi connectivity index (χ1) is 13.7. The first-order valence-electron chi connectivity index (χ1n) is 8.91. The van der Waals surface area contributed by atoms with E-state index in [4.69, 9.17) is 9.47 Å². The van der Waals surface area contributed by atoms with E-state index in [0.29, 0.717) is 28.6 Å². The fourth-order valence-corrected chi connectivity index (χ4v) is 2.73. The van der Waals surface area contributed by atoms with Crippen LogP contribution in [0.15, 0.2) is 72.9 Å². The van der Waals surface area contributed by atoms with Crippen LogP contribution in [0.2, 0.25) is 0 Å². The lowest BCUT2D eigenvalue weighted by atomic mass is 10.2. The summed E-state index contributed by atoms with van der Waals surface area (Å²) in [6.07, 6.45) is 1.57. The molecular formula is C22H21FN2O3. The average molecular weight is 380 g/mol. The van der Waals surface area contributed by atoms with Crippen LogP contribution in [0.4, 0.5) is 10.1 Å². The summed E-state index contributed by atoms with van der Waals surface area (Å²) in [5, 5.41) is 0. The number of rotatable bonds is 8. The number of anilines is 1. The van der Waals surface area contributed by atoms with Crippen molar-refractivity contribution in [1.29, 1.82) is 0 Å². The first-order valence-corrected chi connectivity index (χ1v) is 8.91. The molecule has 0 spiro atoms. The number of para-hydroxylation sites is 3. The molecule has 3 aromatic rings. The van der Waals surface area contributed by atoms with Gasteiger partial charge < -0.3 is 14.4 Å². The van der Waals surface area contributed by atoms with Gasteiger partial charge in [-0.3, -0.25) is 4.79 Å². The van der Waals surface area contributed by atoms with Gasteiger partial charge in [0.2, 0.25) is 11.8 Å². The molecule has 3 rings (SSSR count). The summed E-state index contributed by atoms with van der Waals surface area (Å²) in [6, 6.07) is 20.2. The van der Waals surface area contributed by atoms with Gasteiger partial charge in [-0.2, -0.15) is 0 Å². The van der Waals surface area contributed by atoms with Crippen molar-refractivity contribution in [1.82, 2.24) is 4.98 Å². The molecule has 1 amide bonds. The standard InChI is InChI=1S/C22H21FN2O3/c1-17(26)25(16-18-8-7-14-24-22(18)27-15-13-23)20-11-5-6-12-21(20)28-19-9-3-2-4-10-19/h2-12,14H,13,15-16H2,1H3. The average Bonchev–Trinajstić information content (AvgIpc) is 2.72. The maximum absolute atomic E-state index is 12.5. The molecule has 0 radical (unpaired) electrons. The number of benzene rings is 2. The number of alkyl halides is 1. The zero-order valence-corrected chi connectivity index (χ0v) is 15.5. The Morgan fingerprint density at radius 3 is 2.54 bits per heavy atom. The summed E-state index contributed by atoms with van der Waals surface area (Å²) < 4.78 is 23.8. The molecule has 0 aliphatic carbocycles. The summed E-state index contributed by atoms with van der Waals surface area (Å²) >= 11 is 0. The van der Waals surface area contributed by atoms with Crippen LogP contribution in [0.1, 0.15) is 12.5 Å². The molecule has 1 aromatic heterocycles. The quantitative estimate of drug-likeness (QED) is 0.565. The topological polar surface area (TPSA) is 51.7 Å². The zero-order chi connectivity index (χ0) is 19.8. The number of hydrogen-bond donors (Lipinski definition) is 0. The summed E-state index contributed by atoms with van der Waals surface area (Å²) in [5.41, 5.74) is 1.31. The number of ether oxygens (including phenoxy) is 2. The summed E-state index contributed by atoms with van der Waals surface area (Å²) in [4.78, 5) is 18.2. The molecule has 144 valence electrons. The number of halogens is 1. The highest BCUT2D eigenvalue weighted by atomic mass is 19.1. The van der Waals surface area contributed by atoms with E-state index in [-0.39, 0.29) is 19.1 Å².